The standard InChI is InChI=1S/C17H26N2O2/c1-17(2,3)19-11-9-18(10-12-19)16(20)13-14-5-7-15(21-4)8-6-14/h5-8H,9-13H2,1-4H3. The predicted molar refractivity (Wildman–Crippen MR) is 84.6 cm³/mol. The molecule has 4 heteroatoms. The van der Waals surface area contributed by atoms with Gasteiger partial charge in [0.2, 0.25) is 5.91 Å². The summed E-state index contributed by atoms with van der Waals surface area (Å²) in [6.45, 7) is 10.2. The Kier molecular flexibility index (Phi) is 4.88. The van der Waals surface area contributed by atoms with Crippen LogP contribution in [0.5, 0.6) is 5.75 Å². The van der Waals surface area contributed by atoms with Gasteiger partial charge in [0.05, 0.1) is 13.5 Å². The van der Waals surface area contributed by atoms with Gasteiger partial charge in [-0.05, 0) is 38.5 Å². The van der Waals surface area contributed by atoms with Crippen LogP contribution in [0.3, 0.4) is 0 Å². The molecule has 0 aromatic heterocycles. The van der Waals surface area contributed by atoms with Gasteiger partial charge >= 0.3 is 0 Å². The highest BCUT2D eigenvalue weighted by Crippen LogP contribution is 2.17. The number of rotatable bonds is 3. The van der Waals surface area contributed by atoms with Crippen LogP contribution in [-0.2, 0) is 11.2 Å². The van der Waals surface area contributed by atoms with E-state index in [1.807, 2.05) is 29.2 Å². The lowest BCUT2D eigenvalue weighted by molar-refractivity contribution is -0.133. The SMILES string of the molecule is COc1ccc(CC(=O)N2CCN(C(C)(C)C)CC2)cc1. The quantitative estimate of drug-likeness (QED) is 0.855. The summed E-state index contributed by atoms with van der Waals surface area (Å²) in [5.41, 5.74) is 1.23. The highest BCUT2D eigenvalue weighted by Gasteiger charge is 2.27. The summed E-state index contributed by atoms with van der Waals surface area (Å²) in [5.74, 6) is 1.04. The van der Waals surface area contributed by atoms with Crippen molar-refractivity contribution < 1.29 is 9.53 Å². The van der Waals surface area contributed by atoms with Crippen molar-refractivity contribution in [1.82, 2.24) is 9.80 Å². The highest BCUT2D eigenvalue weighted by atomic mass is 16.5. The molecule has 0 aliphatic carbocycles. The highest BCUT2D eigenvalue weighted by molar-refractivity contribution is 5.79. The number of amides is 1. The summed E-state index contributed by atoms with van der Waals surface area (Å²) in [7, 11) is 1.65. The summed E-state index contributed by atoms with van der Waals surface area (Å²) in [4.78, 5) is 16.8. The number of piperazine rings is 1. The average Bonchev–Trinajstić information content (AvgIpc) is 2.47. The molecule has 0 unspecified atom stereocenters. The molecule has 0 atom stereocenters. The first-order chi connectivity index (χ1) is 9.90. The Morgan fingerprint density at radius 1 is 1.10 bits per heavy atom. The van der Waals surface area contributed by atoms with Crippen LogP contribution >= 0.6 is 0 Å². The zero-order chi connectivity index (χ0) is 15.5. The fourth-order valence-corrected chi connectivity index (χ4v) is 2.66. The number of hydrogen-bond acceptors (Lipinski definition) is 3. The number of hydrogen-bond donors (Lipinski definition) is 0. The lowest BCUT2D eigenvalue weighted by Crippen LogP contribution is -2.54. The molecule has 1 fully saturated rings. The molecule has 0 N–H and O–H groups in total. The monoisotopic (exact) mass is 290 g/mol. The van der Waals surface area contributed by atoms with E-state index in [-0.39, 0.29) is 11.4 Å². The van der Waals surface area contributed by atoms with Crippen molar-refractivity contribution in [3.8, 4) is 5.75 Å². The van der Waals surface area contributed by atoms with Crippen molar-refractivity contribution >= 4 is 5.91 Å². The van der Waals surface area contributed by atoms with Gasteiger partial charge in [-0.3, -0.25) is 9.69 Å². The van der Waals surface area contributed by atoms with Crippen molar-refractivity contribution in [2.45, 2.75) is 32.7 Å². The Morgan fingerprint density at radius 2 is 1.67 bits per heavy atom. The van der Waals surface area contributed by atoms with Crippen LogP contribution in [-0.4, -0.2) is 54.5 Å². The second-order valence-electron chi connectivity index (χ2n) is 6.56. The molecule has 1 aliphatic heterocycles. The average molecular weight is 290 g/mol. The van der Waals surface area contributed by atoms with Gasteiger partial charge in [-0.15, -0.1) is 0 Å². The van der Waals surface area contributed by atoms with Gasteiger partial charge in [-0.2, -0.15) is 0 Å². The van der Waals surface area contributed by atoms with E-state index in [1.165, 1.54) is 0 Å². The Morgan fingerprint density at radius 3 is 2.14 bits per heavy atom. The maximum Gasteiger partial charge on any atom is 0.227 e. The van der Waals surface area contributed by atoms with Gasteiger partial charge in [-0.25, -0.2) is 0 Å². The summed E-state index contributed by atoms with van der Waals surface area (Å²) in [6.07, 6.45) is 0.472. The molecule has 0 spiro atoms. The number of nitrogens with zero attached hydrogens (tertiary/aromatic N) is 2. The molecular weight excluding hydrogens is 264 g/mol. The van der Waals surface area contributed by atoms with E-state index in [1.54, 1.807) is 7.11 Å². The van der Waals surface area contributed by atoms with E-state index in [9.17, 15) is 4.79 Å². The van der Waals surface area contributed by atoms with Gasteiger partial charge < -0.3 is 9.64 Å². The van der Waals surface area contributed by atoms with Crippen LogP contribution < -0.4 is 4.74 Å². The Bertz CT molecular complexity index is 469. The zero-order valence-corrected chi connectivity index (χ0v) is 13.6. The van der Waals surface area contributed by atoms with E-state index in [0.717, 1.165) is 37.5 Å². The lowest BCUT2D eigenvalue weighted by atomic mass is 10.0. The molecule has 116 valence electrons. The minimum atomic E-state index is 0.186. The molecule has 1 aromatic carbocycles. The largest absolute Gasteiger partial charge is 0.497 e. The van der Waals surface area contributed by atoms with E-state index < -0.39 is 0 Å². The first-order valence-corrected chi connectivity index (χ1v) is 7.56. The molecule has 21 heavy (non-hydrogen) atoms. The van der Waals surface area contributed by atoms with Gasteiger partial charge in [0.15, 0.2) is 0 Å². The number of methoxy groups -OCH3 is 1. The Hall–Kier alpha value is -1.55. The summed E-state index contributed by atoms with van der Waals surface area (Å²) >= 11 is 0. The molecule has 0 bridgehead atoms. The van der Waals surface area contributed by atoms with E-state index in [0.29, 0.717) is 6.42 Å². The van der Waals surface area contributed by atoms with Crippen LogP contribution in [0, 0.1) is 0 Å². The summed E-state index contributed by atoms with van der Waals surface area (Å²) in [5, 5.41) is 0. The number of benzene rings is 1. The Labute approximate surface area is 127 Å². The molecule has 1 saturated heterocycles. The predicted octanol–water partition coefficient (Wildman–Crippen LogP) is 2.18. The Balaban J connectivity index is 1.87. The topological polar surface area (TPSA) is 32.8 Å². The van der Waals surface area contributed by atoms with E-state index >= 15 is 0 Å². The van der Waals surface area contributed by atoms with Gasteiger partial charge in [0, 0.05) is 31.7 Å². The maximum atomic E-state index is 12.4. The van der Waals surface area contributed by atoms with Gasteiger partial charge in [-0.1, -0.05) is 12.1 Å². The second-order valence-corrected chi connectivity index (χ2v) is 6.56. The van der Waals surface area contributed by atoms with Gasteiger partial charge in [0.1, 0.15) is 5.75 Å². The fraction of sp³-hybridized carbons (Fsp3) is 0.588. The third-order valence-electron chi connectivity index (χ3n) is 4.10. The molecule has 1 aromatic rings. The van der Waals surface area contributed by atoms with Crippen LogP contribution in [0.2, 0.25) is 0 Å². The third kappa shape index (κ3) is 4.21. The van der Waals surface area contributed by atoms with E-state index in [4.69, 9.17) is 4.74 Å². The number of carbonyl (C=O) groups excluding carboxylic acids is 1. The molecule has 1 heterocycles. The normalized spacial score (nSPS) is 16.9. The fourth-order valence-electron chi connectivity index (χ4n) is 2.66. The minimum Gasteiger partial charge on any atom is -0.497 e. The van der Waals surface area contributed by atoms with Crippen molar-refractivity contribution in [1.29, 1.82) is 0 Å². The molecule has 1 amide bonds. The molecule has 2 rings (SSSR count). The first-order valence-electron chi connectivity index (χ1n) is 7.56. The number of carbonyl (C=O) groups is 1. The summed E-state index contributed by atoms with van der Waals surface area (Å²) in [6, 6.07) is 7.73. The third-order valence-corrected chi connectivity index (χ3v) is 4.10. The minimum absolute atomic E-state index is 0.186. The van der Waals surface area contributed by atoms with Crippen LogP contribution in [0.15, 0.2) is 24.3 Å². The zero-order valence-electron chi connectivity index (χ0n) is 13.6. The molecular formula is C17H26N2O2. The second kappa shape index (κ2) is 6.48. The van der Waals surface area contributed by atoms with Crippen LogP contribution in [0.1, 0.15) is 26.3 Å². The first kappa shape index (κ1) is 15.8. The van der Waals surface area contributed by atoms with Crippen molar-refractivity contribution in [2.24, 2.45) is 0 Å². The number of ether oxygens (including phenoxy) is 1. The van der Waals surface area contributed by atoms with Crippen molar-refractivity contribution in [2.75, 3.05) is 33.3 Å². The van der Waals surface area contributed by atoms with E-state index in [2.05, 4.69) is 25.7 Å². The smallest absolute Gasteiger partial charge is 0.227 e. The van der Waals surface area contributed by atoms with Crippen molar-refractivity contribution in [3.63, 3.8) is 0 Å². The van der Waals surface area contributed by atoms with Crippen molar-refractivity contribution in [3.05, 3.63) is 29.8 Å². The van der Waals surface area contributed by atoms with Gasteiger partial charge in [0.25, 0.3) is 0 Å². The maximum absolute atomic E-state index is 12.4. The molecule has 1 aliphatic rings. The summed E-state index contributed by atoms with van der Waals surface area (Å²) < 4.78 is 5.13. The van der Waals surface area contributed by atoms with Crippen LogP contribution in [0.4, 0.5) is 0 Å². The molecule has 4 nitrogen and oxygen atoms in total. The van der Waals surface area contributed by atoms with Crippen LogP contribution in [0.25, 0.3) is 0 Å². The molecule has 0 radical (unpaired) electrons. The molecule has 0 saturated carbocycles. The lowest BCUT2D eigenvalue weighted by Gasteiger charge is -2.42.